The summed E-state index contributed by atoms with van der Waals surface area (Å²) in [5, 5.41) is 4.28. The lowest BCUT2D eigenvalue weighted by molar-refractivity contribution is 0.480. The number of benzene rings is 1. The predicted octanol–water partition coefficient (Wildman–Crippen LogP) is 5.27. The molecule has 0 saturated heterocycles. The molecule has 0 aliphatic heterocycles. The van der Waals surface area contributed by atoms with Gasteiger partial charge in [0.25, 0.3) is 0 Å². The number of aromatic amines is 1. The molecular weight excluding hydrogens is 525 g/mol. The van der Waals surface area contributed by atoms with E-state index in [4.69, 9.17) is 9.97 Å². The highest BCUT2D eigenvalue weighted by Crippen LogP contribution is 2.30. The van der Waals surface area contributed by atoms with Gasteiger partial charge >= 0.3 is 0 Å². The van der Waals surface area contributed by atoms with Gasteiger partial charge in [-0.25, -0.2) is 17.6 Å². The number of aromatic nitrogens is 6. The van der Waals surface area contributed by atoms with Crippen molar-refractivity contribution in [1.29, 1.82) is 0 Å². The van der Waals surface area contributed by atoms with Gasteiger partial charge in [0.05, 0.1) is 23.6 Å². The van der Waals surface area contributed by atoms with Crippen LogP contribution in [-0.2, 0) is 13.0 Å². The number of halogens is 1. The Hall–Kier alpha value is -3.11. The van der Waals surface area contributed by atoms with Crippen LogP contribution in [0.25, 0.3) is 28.3 Å². The molecule has 33 heavy (non-hydrogen) atoms. The Kier molecular flexibility index (Phi) is 6.45. The van der Waals surface area contributed by atoms with Crippen molar-refractivity contribution in [2.75, 3.05) is 6.54 Å². The molecule has 0 saturated carbocycles. The first-order valence-electron chi connectivity index (χ1n) is 10.9. The second kappa shape index (κ2) is 9.80. The number of pyridine rings is 2. The molecule has 0 radical (unpaired) electrons. The third-order valence-electron chi connectivity index (χ3n) is 5.48. The van der Waals surface area contributed by atoms with Crippen molar-refractivity contribution in [3.05, 3.63) is 90.3 Å². The lowest BCUT2D eigenvalue weighted by atomic mass is 10.1. The molecule has 0 fully saturated rings. The number of nitrogens with one attached hydrogen (secondary N) is 1. The van der Waals surface area contributed by atoms with Crippen LogP contribution >= 0.6 is 22.9 Å². The summed E-state index contributed by atoms with van der Waals surface area (Å²) in [7, 11) is 0. The molecule has 0 amide bonds. The minimum absolute atomic E-state index is 0.722. The van der Waals surface area contributed by atoms with Gasteiger partial charge in [-0.3, -0.25) is 4.98 Å². The summed E-state index contributed by atoms with van der Waals surface area (Å²) in [6.45, 7) is 3.70. The van der Waals surface area contributed by atoms with Crippen molar-refractivity contribution in [2.24, 2.45) is 0 Å². The molecule has 0 atom stereocenters. The molecule has 5 aromatic rings. The molecule has 0 spiro atoms. The Morgan fingerprint density at radius 2 is 1.88 bits per heavy atom. The minimum Gasteiger partial charge on any atom is -0.339 e. The summed E-state index contributed by atoms with van der Waals surface area (Å²) < 4.78 is 4.04. The molecule has 0 unspecified atom stereocenters. The first-order valence-corrected chi connectivity index (χ1v) is 11.9. The number of hydrogen-bond acceptors (Lipinski definition) is 5. The van der Waals surface area contributed by atoms with E-state index in [2.05, 4.69) is 71.4 Å². The normalized spacial score (nSPS) is 11.5. The van der Waals surface area contributed by atoms with Crippen molar-refractivity contribution in [3.63, 3.8) is 0 Å². The second-order valence-electron chi connectivity index (χ2n) is 7.99. The Bertz CT molecular complexity index is 1360. The van der Waals surface area contributed by atoms with Crippen LogP contribution in [0.2, 0.25) is 0 Å². The van der Waals surface area contributed by atoms with Crippen molar-refractivity contribution >= 4 is 28.5 Å². The summed E-state index contributed by atoms with van der Waals surface area (Å²) >= 11 is 2.39. The third kappa shape index (κ3) is 5.12. The van der Waals surface area contributed by atoms with Gasteiger partial charge in [0, 0.05) is 46.9 Å². The summed E-state index contributed by atoms with van der Waals surface area (Å²) in [6, 6.07) is 20.7. The van der Waals surface area contributed by atoms with Crippen LogP contribution in [0, 0.1) is 6.92 Å². The molecule has 1 N–H and O–H groups in total. The standard InChI is InChI=1S/C25H24IN7/c1-18-7-5-11-21(29-18)25-24(20-12-13-23-27-17-28-33(23)15-20)30-22(31-25)16-32(26)14-6-10-19-8-3-2-4-9-19/h2-5,7-9,11-13,15,17H,6,10,14,16H2,1H3,(H,30,31). The molecule has 1 aromatic carbocycles. The average Bonchev–Trinajstić information content (AvgIpc) is 3.46. The Balaban J connectivity index is 1.39. The second-order valence-corrected chi connectivity index (χ2v) is 9.35. The van der Waals surface area contributed by atoms with E-state index in [1.54, 1.807) is 10.8 Å². The number of aryl methyl sites for hydroxylation is 2. The minimum atomic E-state index is 0.722. The first kappa shape index (κ1) is 21.7. The molecule has 7 nitrogen and oxygen atoms in total. The van der Waals surface area contributed by atoms with E-state index in [1.807, 2.05) is 43.5 Å². The molecular formula is C25H24IN7. The SMILES string of the molecule is Cc1cccc(-c2[nH]c(CN(I)CCCc3ccccc3)nc2-c2ccc3ncnn3c2)n1. The number of fused-ring (bicyclic) bond motifs is 1. The maximum atomic E-state index is 4.98. The topological polar surface area (TPSA) is 75.0 Å². The number of rotatable bonds is 8. The van der Waals surface area contributed by atoms with Crippen molar-refractivity contribution < 1.29 is 0 Å². The fraction of sp³-hybridized carbons (Fsp3) is 0.200. The Labute approximate surface area is 206 Å². The smallest absolute Gasteiger partial charge is 0.155 e. The van der Waals surface area contributed by atoms with E-state index >= 15 is 0 Å². The molecule has 0 aliphatic rings. The van der Waals surface area contributed by atoms with E-state index in [0.717, 1.165) is 65.7 Å². The third-order valence-corrected chi connectivity index (χ3v) is 6.30. The van der Waals surface area contributed by atoms with Crippen molar-refractivity contribution in [3.8, 4) is 22.6 Å². The lowest BCUT2D eigenvalue weighted by Gasteiger charge is -2.12. The summed E-state index contributed by atoms with van der Waals surface area (Å²) in [4.78, 5) is 17.5. The van der Waals surface area contributed by atoms with Crippen LogP contribution in [0.1, 0.15) is 23.5 Å². The van der Waals surface area contributed by atoms with E-state index in [9.17, 15) is 0 Å². The highest BCUT2D eigenvalue weighted by Gasteiger charge is 2.17. The van der Waals surface area contributed by atoms with Crippen LogP contribution in [-0.4, -0.2) is 39.2 Å². The molecule has 8 heteroatoms. The maximum absolute atomic E-state index is 4.98. The summed E-state index contributed by atoms with van der Waals surface area (Å²) in [5.74, 6) is 0.913. The van der Waals surface area contributed by atoms with Crippen LogP contribution in [0.15, 0.2) is 73.2 Å². The van der Waals surface area contributed by atoms with Crippen molar-refractivity contribution in [1.82, 2.24) is 32.7 Å². The Morgan fingerprint density at radius 3 is 2.73 bits per heavy atom. The van der Waals surface area contributed by atoms with Crippen LogP contribution in [0.5, 0.6) is 0 Å². The zero-order valence-corrected chi connectivity index (χ0v) is 20.5. The van der Waals surface area contributed by atoms with Gasteiger partial charge in [-0.05, 0) is 49.6 Å². The highest BCUT2D eigenvalue weighted by atomic mass is 127. The number of H-pyrrole nitrogens is 1. The molecule has 0 bridgehead atoms. The van der Waals surface area contributed by atoms with Gasteiger partial charge in [0.1, 0.15) is 12.2 Å². The van der Waals surface area contributed by atoms with Crippen molar-refractivity contribution in [2.45, 2.75) is 26.3 Å². The monoisotopic (exact) mass is 549 g/mol. The van der Waals surface area contributed by atoms with Gasteiger partial charge in [-0.15, -0.1) is 0 Å². The lowest BCUT2D eigenvalue weighted by Crippen LogP contribution is -2.14. The molecule has 0 aliphatic carbocycles. The quantitative estimate of drug-likeness (QED) is 0.211. The molecule has 4 heterocycles. The largest absolute Gasteiger partial charge is 0.339 e. The number of nitrogens with zero attached hydrogens (tertiary/aromatic N) is 6. The number of imidazole rings is 1. The zero-order chi connectivity index (χ0) is 22.6. The van der Waals surface area contributed by atoms with E-state index < -0.39 is 0 Å². The van der Waals surface area contributed by atoms with Gasteiger partial charge in [-0.2, -0.15) is 5.10 Å². The molecule has 5 rings (SSSR count). The van der Waals surface area contributed by atoms with E-state index in [-0.39, 0.29) is 0 Å². The zero-order valence-electron chi connectivity index (χ0n) is 18.3. The Morgan fingerprint density at radius 1 is 1.00 bits per heavy atom. The maximum Gasteiger partial charge on any atom is 0.155 e. The molecule has 166 valence electrons. The summed E-state index contributed by atoms with van der Waals surface area (Å²) in [5.41, 5.74) is 6.79. The van der Waals surface area contributed by atoms with Gasteiger partial charge in [0.2, 0.25) is 0 Å². The van der Waals surface area contributed by atoms with Crippen LogP contribution < -0.4 is 0 Å². The van der Waals surface area contributed by atoms with Gasteiger partial charge in [-0.1, -0.05) is 36.4 Å². The van der Waals surface area contributed by atoms with Gasteiger partial charge in [0.15, 0.2) is 5.65 Å². The highest BCUT2D eigenvalue weighted by molar-refractivity contribution is 14.1. The van der Waals surface area contributed by atoms with E-state index in [0.29, 0.717) is 0 Å². The summed E-state index contributed by atoms with van der Waals surface area (Å²) in [6.07, 6.45) is 5.68. The average molecular weight is 549 g/mol. The van der Waals surface area contributed by atoms with Crippen LogP contribution in [0.4, 0.5) is 0 Å². The number of hydrogen-bond donors (Lipinski definition) is 1. The fourth-order valence-electron chi connectivity index (χ4n) is 3.87. The fourth-order valence-corrected chi connectivity index (χ4v) is 4.54. The van der Waals surface area contributed by atoms with E-state index in [1.165, 1.54) is 5.56 Å². The van der Waals surface area contributed by atoms with Crippen LogP contribution in [0.3, 0.4) is 0 Å². The predicted molar refractivity (Wildman–Crippen MR) is 138 cm³/mol. The molecule has 4 aromatic heterocycles. The first-order chi connectivity index (χ1) is 16.2. The van der Waals surface area contributed by atoms with Gasteiger partial charge < -0.3 is 4.98 Å².